The van der Waals surface area contributed by atoms with Crippen molar-refractivity contribution < 1.29 is 0 Å². The molecule has 2 heterocycles. The minimum Gasteiger partial charge on any atom is -0.368 e. The summed E-state index contributed by atoms with van der Waals surface area (Å²) in [7, 11) is 0. The van der Waals surface area contributed by atoms with Gasteiger partial charge >= 0.3 is 0 Å². The molecule has 0 saturated carbocycles. The van der Waals surface area contributed by atoms with Gasteiger partial charge in [-0.2, -0.15) is 0 Å². The number of hydrogen-bond donors (Lipinski definition) is 1. The normalized spacial score (nSPS) is 23.8. The number of aryl methyl sites for hydroxylation is 1. The molecule has 1 N–H and O–H groups in total. The van der Waals surface area contributed by atoms with Crippen LogP contribution in [-0.4, -0.2) is 56.3 Å². The lowest BCUT2D eigenvalue weighted by atomic mass is 10.1. The highest BCUT2D eigenvalue weighted by atomic mass is 15.3. The molecule has 150 valence electrons. The Kier molecular flexibility index (Phi) is 5.88. The van der Waals surface area contributed by atoms with Gasteiger partial charge in [-0.1, -0.05) is 30.3 Å². The molecule has 2 atom stereocenters. The lowest BCUT2D eigenvalue weighted by Gasteiger charge is -2.42. The van der Waals surface area contributed by atoms with E-state index in [-0.39, 0.29) is 0 Å². The predicted octanol–water partition coefficient (Wildman–Crippen LogP) is 3.50. The summed E-state index contributed by atoms with van der Waals surface area (Å²) in [6.45, 7) is 14.5. The Balaban J connectivity index is 1.42. The van der Waals surface area contributed by atoms with E-state index in [0.717, 1.165) is 45.8 Å². The number of nitrogens with one attached hydrogen (secondary N) is 1. The molecule has 28 heavy (non-hydrogen) atoms. The summed E-state index contributed by atoms with van der Waals surface area (Å²) in [5, 5.41) is 3.48. The predicted molar refractivity (Wildman–Crippen MR) is 119 cm³/mol. The summed E-state index contributed by atoms with van der Waals surface area (Å²) in [6, 6.07) is 19.0. The Bertz CT molecular complexity index is 775. The van der Waals surface area contributed by atoms with Crippen LogP contribution in [0.5, 0.6) is 0 Å². The smallest absolute Gasteiger partial charge is 0.0398 e. The average Bonchev–Trinajstić information content (AvgIpc) is 2.71. The fraction of sp³-hybridized carbons (Fsp3) is 0.500. The van der Waals surface area contributed by atoms with E-state index >= 15 is 0 Å². The molecule has 0 radical (unpaired) electrons. The molecule has 0 aromatic heterocycles. The van der Waals surface area contributed by atoms with E-state index in [1.807, 2.05) is 0 Å². The van der Waals surface area contributed by atoms with Crippen LogP contribution in [0.1, 0.15) is 25.0 Å². The van der Waals surface area contributed by atoms with Crippen molar-refractivity contribution in [3.8, 4) is 0 Å². The SMILES string of the molecule is Cc1cc(N2CCNC[C@@H]2C)ccc1N1CCN(Cc2ccccc2)[C@H](C)C1. The van der Waals surface area contributed by atoms with Crippen molar-refractivity contribution in [3.05, 3.63) is 59.7 Å². The molecule has 2 saturated heterocycles. The molecule has 2 aliphatic heterocycles. The van der Waals surface area contributed by atoms with Gasteiger partial charge in [0.2, 0.25) is 0 Å². The molecule has 0 amide bonds. The summed E-state index contributed by atoms with van der Waals surface area (Å²) in [5.41, 5.74) is 5.57. The topological polar surface area (TPSA) is 21.8 Å². The van der Waals surface area contributed by atoms with Crippen molar-refractivity contribution in [2.45, 2.75) is 39.4 Å². The summed E-state index contributed by atoms with van der Waals surface area (Å²) in [4.78, 5) is 7.72. The maximum absolute atomic E-state index is 3.48. The van der Waals surface area contributed by atoms with E-state index in [2.05, 4.69) is 89.3 Å². The number of benzene rings is 2. The second-order valence-corrected chi connectivity index (χ2v) is 8.47. The molecular weight excluding hydrogens is 344 g/mol. The fourth-order valence-corrected chi connectivity index (χ4v) is 4.66. The van der Waals surface area contributed by atoms with Gasteiger partial charge in [0, 0.05) is 69.3 Å². The molecule has 2 fully saturated rings. The molecule has 2 aromatic rings. The van der Waals surface area contributed by atoms with Crippen LogP contribution in [0.2, 0.25) is 0 Å². The van der Waals surface area contributed by atoms with Crippen LogP contribution in [0.15, 0.2) is 48.5 Å². The van der Waals surface area contributed by atoms with Crippen LogP contribution >= 0.6 is 0 Å². The molecular formula is C24H34N4. The van der Waals surface area contributed by atoms with Gasteiger partial charge < -0.3 is 15.1 Å². The minimum absolute atomic E-state index is 0.556. The van der Waals surface area contributed by atoms with Crippen molar-refractivity contribution >= 4 is 11.4 Å². The third-order valence-electron chi connectivity index (χ3n) is 6.35. The summed E-state index contributed by atoms with van der Waals surface area (Å²) in [5.74, 6) is 0. The first-order valence-electron chi connectivity index (χ1n) is 10.7. The van der Waals surface area contributed by atoms with E-state index in [9.17, 15) is 0 Å². The van der Waals surface area contributed by atoms with E-state index in [1.54, 1.807) is 0 Å². The molecule has 2 aromatic carbocycles. The zero-order valence-electron chi connectivity index (χ0n) is 17.6. The van der Waals surface area contributed by atoms with Crippen LogP contribution in [0, 0.1) is 6.92 Å². The van der Waals surface area contributed by atoms with Gasteiger partial charge in [-0.05, 0) is 50.1 Å². The molecule has 2 aliphatic rings. The molecule has 4 nitrogen and oxygen atoms in total. The third-order valence-corrected chi connectivity index (χ3v) is 6.35. The standard InChI is InChI=1S/C24H34N4/c1-19-15-23(28-12-11-25-16-20(28)2)9-10-24(19)27-14-13-26(21(3)17-27)18-22-7-5-4-6-8-22/h4-10,15,20-21,25H,11-14,16-18H2,1-3H3/t20-,21+/m0/s1. The first-order chi connectivity index (χ1) is 13.6. The Morgan fingerprint density at radius 1 is 0.964 bits per heavy atom. The average molecular weight is 379 g/mol. The van der Waals surface area contributed by atoms with E-state index in [0.29, 0.717) is 12.1 Å². The molecule has 0 bridgehead atoms. The van der Waals surface area contributed by atoms with Crippen LogP contribution < -0.4 is 15.1 Å². The molecule has 0 unspecified atom stereocenters. The first-order valence-corrected chi connectivity index (χ1v) is 10.7. The molecule has 0 aliphatic carbocycles. The van der Waals surface area contributed by atoms with Gasteiger partial charge in [0.15, 0.2) is 0 Å². The van der Waals surface area contributed by atoms with Gasteiger partial charge in [0.1, 0.15) is 0 Å². The van der Waals surface area contributed by atoms with Gasteiger partial charge in [0.05, 0.1) is 0 Å². The number of nitrogens with zero attached hydrogens (tertiary/aromatic N) is 3. The van der Waals surface area contributed by atoms with Crippen LogP contribution in [0.25, 0.3) is 0 Å². The Morgan fingerprint density at radius 3 is 2.50 bits per heavy atom. The number of piperazine rings is 2. The zero-order valence-corrected chi connectivity index (χ0v) is 17.6. The quantitative estimate of drug-likeness (QED) is 0.879. The van der Waals surface area contributed by atoms with Gasteiger partial charge in [0.25, 0.3) is 0 Å². The van der Waals surface area contributed by atoms with E-state index in [1.165, 1.54) is 22.5 Å². The highest BCUT2D eigenvalue weighted by Crippen LogP contribution is 2.29. The highest BCUT2D eigenvalue weighted by molar-refractivity contribution is 5.62. The Labute approximate surface area is 170 Å². The maximum Gasteiger partial charge on any atom is 0.0398 e. The molecule has 4 rings (SSSR count). The Morgan fingerprint density at radius 2 is 1.79 bits per heavy atom. The van der Waals surface area contributed by atoms with Gasteiger partial charge in [-0.15, -0.1) is 0 Å². The van der Waals surface area contributed by atoms with Gasteiger partial charge in [-0.25, -0.2) is 0 Å². The van der Waals surface area contributed by atoms with Crippen LogP contribution in [0.4, 0.5) is 11.4 Å². The zero-order chi connectivity index (χ0) is 19.5. The van der Waals surface area contributed by atoms with Crippen molar-refractivity contribution in [1.29, 1.82) is 0 Å². The van der Waals surface area contributed by atoms with Crippen molar-refractivity contribution in [1.82, 2.24) is 10.2 Å². The number of anilines is 2. The van der Waals surface area contributed by atoms with Crippen LogP contribution in [-0.2, 0) is 6.54 Å². The highest BCUT2D eigenvalue weighted by Gasteiger charge is 2.25. The van der Waals surface area contributed by atoms with Crippen molar-refractivity contribution in [2.75, 3.05) is 49.1 Å². The monoisotopic (exact) mass is 378 g/mol. The minimum atomic E-state index is 0.556. The Hall–Kier alpha value is -2.04. The maximum atomic E-state index is 3.48. The molecule has 4 heteroatoms. The second-order valence-electron chi connectivity index (χ2n) is 8.47. The van der Waals surface area contributed by atoms with Crippen molar-refractivity contribution in [3.63, 3.8) is 0 Å². The lowest BCUT2D eigenvalue weighted by molar-refractivity contribution is 0.181. The summed E-state index contributed by atoms with van der Waals surface area (Å²) >= 11 is 0. The summed E-state index contributed by atoms with van der Waals surface area (Å²) in [6.07, 6.45) is 0. The van der Waals surface area contributed by atoms with Gasteiger partial charge in [-0.3, -0.25) is 4.90 Å². The molecule has 0 spiro atoms. The number of hydrogen-bond acceptors (Lipinski definition) is 4. The van der Waals surface area contributed by atoms with Crippen molar-refractivity contribution in [2.24, 2.45) is 0 Å². The first kappa shape index (κ1) is 19.3. The fourth-order valence-electron chi connectivity index (χ4n) is 4.66. The lowest BCUT2D eigenvalue weighted by Crippen LogP contribution is -2.51. The van der Waals surface area contributed by atoms with E-state index in [4.69, 9.17) is 0 Å². The largest absolute Gasteiger partial charge is 0.368 e. The summed E-state index contributed by atoms with van der Waals surface area (Å²) < 4.78 is 0. The third kappa shape index (κ3) is 4.18. The van der Waals surface area contributed by atoms with Crippen LogP contribution in [0.3, 0.4) is 0 Å². The number of rotatable bonds is 4. The van der Waals surface area contributed by atoms with E-state index < -0.39 is 0 Å². The second kappa shape index (κ2) is 8.54.